The summed E-state index contributed by atoms with van der Waals surface area (Å²) in [7, 11) is 0. The fourth-order valence-electron chi connectivity index (χ4n) is 2.53. The van der Waals surface area contributed by atoms with Crippen LogP contribution in [0.15, 0.2) is 36.9 Å². The number of halogens is 1. The highest BCUT2D eigenvalue weighted by Crippen LogP contribution is 2.16. The van der Waals surface area contributed by atoms with Gasteiger partial charge in [-0.1, -0.05) is 6.08 Å². The molecule has 0 aromatic heterocycles. The van der Waals surface area contributed by atoms with Crippen LogP contribution in [0.1, 0.15) is 0 Å². The van der Waals surface area contributed by atoms with Crippen molar-refractivity contribution < 1.29 is 14.0 Å². The largest absolute Gasteiger partial charge is 0.369 e. The first kappa shape index (κ1) is 17.9. The first-order valence-corrected chi connectivity index (χ1v) is 8.00. The topological polar surface area (TPSA) is 64.7 Å². The molecule has 1 aromatic rings. The zero-order valence-electron chi connectivity index (χ0n) is 13.6. The van der Waals surface area contributed by atoms with Crippen LogP contribution in [0, 0.1) is 5.82 Å². The number of rotatable bonds is 6. The Hall–Kier alpha value is -2.41. The van der Waals surface area contributed by atoms with Crippen LogP contribution in [0.25, 0.3) is 0 Å². The van der Waals surface area contributed by atoms with Gasteiger partial charge in [0.2, 0.25) is 0 Å². The highest BCUT2D eigenvalue weighted by Gasteiger charge is 2.18. The molecule has 0 unspecified atom stereocenters. The molecule has 6 nitrogen and oxygen atoms in total. The minimum atomic E-state index is -0.643. The average molecular weight is 334 g/mol. The van der Waals surface area contributed by atoms with Crippen molar-refractivity contribution in [1.82, 2.24) is 15.5 Å². The number of carbonyl (C=O) groups is 2. The lowest BCUT2D eigenvalue weighted by Gasteiger charge is -2.36. The number of hydrogen-bond donors (Lipinski definition) is 2. The van der Waals surface area contributed by atoms with Crippen LogP contribution in [0.5, 0.6) is 0 Å². The zero-order valence-corrected chi connectivity index (χ0v) is 13.6. The molecule has 0 spiro atoms. The summed E-state index contributed by atoms with van der Waals surface area (Å²) in [5.74, 6) is -1.50. The Bertz CT molecular complexity index is 568. The Balaban J connectivity index is 1.66. The number of nitrogens with one attached hydrogen (secondary N) is 2. The zero-order chi connectivity index (χ0) is 17.4. The predicted molar refractivity (Wildman–Crippen MR) is 91.3 cm³/mol. The third-order valence-corrected chi connectivity index (χ3v) is 3.89. The normalized spacial score (nSPS) is 15.0. The number of benzene rings is 1. The van der Waals surface area contributed by atoms with Crippen LogP contribution in [0.4, 0.5) is 10.1 Å². The molecule has 2 rings (SSSR count). The van der Waals surface area contributed by atoms with Gasteiger partial charge in [0, 0.05) is 51.5 Å². The number of piperazine rings is 1. The molecule has 2 amide bonds. The van der Waals surface area contributed by atoms with Gasteiger partial charge in [-0.15, -0.1) is 6.58 Å². The van der Waals surface area contributed by atoms with Crippen LogP contribution in [0.2, 0.25) is 0 Å². The average Bonchev–Trinajstić information content (AvgIpc) is 2.61. The molecular formula is C17H23FN4O2. The summed E-state index contributed by atoms with van der Waals surface area (Å²) >= 11 is 0. The summed E-state index contributed by atoms with van der Waals surface area (Å²) in [5, 5.41) is 5.04. The number of anilines is 1. The van der Waals surface area contributed by atoms with E-state index in [1.54, 1.807) is 12.1 Å². The van der Waals surface area contributed by atoms with E-state index in [1.807, 2.05) is 0 Å². The van der Waals surface area contributed by atoms with Crippen LogP contribution in [-0.2, 0) is 9.59 Å². The lowest BCUT2D eigenvalue weighted by Crippen LogP contribution is -2.49. The molecular weight excluding hydrogens is 311 g/mol. The van der Waals surface area contributed by atoms with Crippen LogP contribution < -0.4 is 15.5 Å². The maximum atomic E-state index is 13.0. The smallest absolute Gasteiger partial charge is 0.309 e. The minimum Gasteiger partial charge on any atom is -0.369 e. The Morgan fingerprint density at radius 2 is 1.71 bits per heavy atom. The second-order valence-electron chi connectivity index (χ2n) is 5.56. The van der Waals surface area contributed by atoms with Crippen molar-refractivity contribution in [2.45, 2.75) is 0 Å². The van der Waals surface area contributed by atoms with Crippen molar-refractivity contribution in [2.24, 2.45) is 0 Å². The van der Waals surface area contributed by atoms with E-state index in [9.17, 15) is 14.0 Å². The summed E-state index contributed by atoms with van der Waals surface area (Å²) < 4.78 is 13.0. The molecule has 0 bridgehead atoms. The molecule has 0 atom stereocenters. The first-order valence-electron chi connectivity index (χ1n) is 8.00. The Kier molecular flexibility index (Phi) is 6.74. The highest BCUT2D eigenvalue weighted by atomic mass is 19.1. The van der Waals surface area contributed by atoms with Crippen LogP contribution in [0.3, 0.4) is 0 Å². The SMILES string of the molecule is C=CCNC(=O)C(=O)NCCN1CCN(c2ccc(F)cc2)CC1. The molecule has 0 aliphatic carbocycles. The molecule has 7 heteroatoms. The molecule has 1 aliphatic heterocycles. The van der Waals surface area contributed by atoms with Gasteiger partial charge in [0.05, 0.1) is 0 Å². The molecule has 1 saturated heterocycles. The van der Waals surface area contributed by atoms with E-state index >= 15 is 0 Å². The quantitative estimate of drug-likeness (QED) is 0.583. The first-order chi connectivity index (χ1) is 11.6. The molecule has 1 fully saturated rings. The highest BCUT2D eigenvalue weighted by molar-refractivity contribution is 6.35. The maximum Gasteiger partial charge on any atom is 0.309 e. The van der Waals surface area contributed by atoms with Crippen molar-refractivity contribution in [1.29, 1.82) is 0 Å². The van der Waals surface area contributed by atoms with Gasteiger partial charge in [0.1, 0.15) is 5.82 Å². The summed E-state index contributed by atoms with van der Waals surface area (Å²) in [6, 6.07) is 6.50. The maximum absolute atomic E-state index is 13.0. The Labute approximate surface area is 141 Å². The van der Waals surface area contributed by atoms with E-state index in [-0.39, 0.29) is 12.4 Å². The molecule has 1 aliphatic rings. The number of carbonyl (C=O) groups excluding carboxylic acids is 2. The van der Waals surface area contributed by atoms with Gasteiger partial charge >= 0.3 is 11.8 Å². The molecule has 1 aromatic carbocycles. The lowest BCUT2D eigenvalue weighted by molar-refractivity contribution is -0.139. The number of nitrogens with zero attached hydrogens (tertiary/aromatic N) is 2. The van der Waals surface area contributed by atoms with E-state index in [1.165, 1.54) is 18.2 Å². The van der Waals surface area contributed by atoms with Gasteiger partial charge in [-0.3, -0.25) is 14.5 Å². The fourth-order valence-corrected chi connectivity index (χ4v) is 2.53. The van der Waals surface area contributed by atoms with Crippen molar-refractivity contribution >= 4 is 17.5 Å². The summed E-state index contributed by atoms with van der Waals surface area (Å²) in [5.41, 5.74) is 1.02. The van der Waals surface area contributed by atoms with E-state index < -0.39 is 11.8 Å². The summed E-state index contributed by atoms with van der Waals surface area (Å²) in [6.07, 6.45) is 1.52. The fraction of sp³-hybridized carbons (Fsp3) is 0.412. The third kappa shape index (κ3) is 5.34. The molecule has 0 radical (unpaired) electrons. The van der Waals surface area contributed by atoms with Crippen molar-refractivity contribution in [3.8, 4) is 0 Å². The van der Waals surface area contributed by atoms with E-state index in [0.29, 0.717) is 13.1 Å². The predicted octanol–water partition coefficient (Wildman–Crippen LogP) is 0.366. The Morgan fingerprint density at radius 3 is 2.33 bits per heavy atom. The second kappa shape index (κ2) is 9.02. The molecule has 1 heterocycles. The second-order valence-corrected chi connectivity index (χ2v) is 5.56. The van der Waals surface area contributed by atoms with Gasteiger partial charge in [-0.05, 0) is 24.3 Å². The number of hydrogen-bond acceptors (Lipinski definition) is 4. The monoisotopic (exact) mass is 334 g/mol. The van der Waals surface area contributed by atoms with E-state index in [0.717, 1.165) is 31.9 Å². The lowest BCUT2D eigenvalue weighted by atomic mass is 10.2. The van der Waals surface area contributed by atoms with Gasteiger partial charge in [0.25, 0.3) is 0 Å². The van der Waals surface area contributed by atoms with Crippen LogP contribution in [-0.4, -0.2) is 62.5 Å². The Morgan fingerprint density at radius 1 is 1.08 bits per heavy atom. The van der Waals surface area contributed by atoms with Crippen molar-refractivity contribution in [3.05, 3.63) is 42.7 Å². The molecule has 24 heavy (non-hydrogen) atoms. The van der Waals surface area contributed by atoms with E-state index in [2.05, 4.69) is 27.0 Å². The third-order valence-electron chi connectivity index (χ3n) is 3.89. The van der Waals surface area contributed by atoms with Gasteiger partial charge in [0.15, 0.2) is 0 Å². The van der Waals surface area contributed by atoms with Crippen LogP contribution >= 0.6 is 0 Å². The van der Waals surface area contributed by atoms with Crippen molar-refractivity contribution in [2.75, 3.05) is 50.7 Å². The summed E-state index contributed by atoms with van der Waals surface area (Å²) in [6.45, 7) is 8.27. The number of amides is 2. The standard InChI is InChI=1S/C17H23FN4O2/c1-2-7-19-16(23)17(24)20-8-9-21-10-12-22(13-11-21)15-5-3-14(18)4-6-15/h2-6H,1,7-13H2,(H,19,23)(H,20,24). The summed E-state index contributed by atoms with van der Waals surface area (Å²) in [4.78, 5) is 27.4. The van der Waals surface area contributed by atoms with Gasteiger partial charge in [-0.2, -0.15) is 0 Å². The van der Waals surface area contributed by atoms with Gasteiger partial charge in [-0.25, -0.2) is 4.39 Å². The van der Waals surface area contributed by atoms with E-state index in [4.69, 9.17) is 0 Å². The minimum absolute atomic E-state index is 0.231. The van der Waals surface area contributed by atoms with Gasteiger partial charge < -0.3 is 15.5 Å². The molecule has 2 N–H and O–H groups in total. The molecule has 0 saturated carbocycles. The molecule has 130 valence electrons. The van der Waals surface area contributed by atoms with Crippen molar-refractivity contribution in [3.63, 3.8) is 0 Å².